The van der Waals surface area contributed by atoms with Crippen LogP contribution in [0.5, 0.6) is 0 Å². The molecule has 0 saturated carbocycles. The number of esters is 1. The number of amides is 1. The van der Waals surface area contributed by atoms with Crippen molar-refractivity contribution in [2.24, 2.45) is 11.7 Å². The van der Waals surface area contributed by atoms with E-state index in [1.807, 2.05) is 24.1 Å². The first kappa shape index (κ1) is 23.1. The van der Waals surface area contributed by atoms with E-state index >= 15 is 0 Å². The smallest absolute Gasteiger partial charge is 0.306 e. The van der Waals surface area contributed by atoms with Crippen molar-refractivity contribution in [3.05, 3.63) is 42.2 Å². The second-order valence-corrected chi connectivity index (χ2v) is 7.05. The molecule has 30 heavy (non-hydrogen) atoms. The lowest BCUT2D eigenvalue weighted by Crippen LogP contribution is -2.37. The third-order valence-electron chi connectivity index (χ3n) is 4.94. The first-order valence-electron chi connectivity index (χ1n) is 9.22. The lowest BCUT2D eigenvalue weighted by molar-refractivity contribution is -0.143. The molecule has 1 aromatic carbocycles. The first-order valence-corrected chi connectivity index (χ1v) is 9.22. The van der Waals surface area contributed by atoms with Gasteiger partial charge in [0.2, 0.25) is 5.91 Å². The Morgan fingerprint density at radius 1 is 1.30 bits per heavy atom. The average molecular weight is 433 g/mol. The van der Waals surface area contributed by atoms with Crippen molar-refractivity contribution in [1.82, 2.24) is 15.3 Å². The highest BCUT2D eigenvalue weighted by atomic mass is 35.5. The maximum absolute atomic E-state index is 12.0. The number of amidine groups is 1. The fourth-order valence-corrected chi connectivity index (χ4v) is 3.32. The number of methoxy groups -OCH3 is 1. The minimum Gasteiger partial charge on any atom is -0.469 e. The SMILES string of the molecule is COC(=O)C[C@@H]1C[C@@H](CN(C)c2cnc(-c3ccc(C(=N)N)cc3)cn2)NC1=O.Cl. The van der Waals surface area contributed by atoms with Gasteiger partial charge in [0, 0.05) is 30.8 Å². The number of anilines is 1. The average Bonchev–Trinajstić information content (AvgIpc) is 3.06. The number of nitrogens with two attached hydrogens (primary N) is 1. The number of hydrogen-bond donors (Lipinski definition) is 3. The van der Waals surface area contributed by atoms with Crippen LogP contribution >= 0.6 is 12.4 Å². The molecule has 0 aliphatic carbocycles. The van der Waals surface area contributed by atoms with Crippen LogP contribution in [0.2, 0.25) is 0 Å². The van der Waals surface area contributed by atoms with E-state index in [9.17, 15) is 9.59 Å². The van der Waals surface area contributed by atoms with E-state index in [2.05, 4.69) is 20.0 Å². The maximum atomic E-state index is 12.0. The lowest BCUT2D eigenvalue weighted by Gasteiger charge is -2.22. The highest BCUT2D eigenvalue weighted by Crippen LogP contribution is 2.22. The highest BCUT2D eigenvalue weighted by molar-refractivity contribution is 5.95. The van der Waals surface area contributed by atoms with Crippen LogP contribution in [0.3, 0.4) is 0 Å². The van der Waals surface area contributed by atoms with Crippen LogP contribution in [-0.4, -0.2) is 54.4 Å². The molecule has 2 atom stereocenters. The number of halogens is 1. The molecule has 1 aliphatic rings. The van der Waals surface area contributed by atoms with Crippen molar-refractivity contribution in [2.75, 3.05) is 25.6 Å². The summed E-state index contributed by atoms with van der Waals surface area (Å²) in [6, 6.07) is 7.17. The fraction of sp³-hybridized carbons (Fsp3) is 0.350. The predicted molar refractivity (Wildman–Crippen MR) is 116 cm³/mol. The van der Waals surface area contributed by atoms with E-state index in [0.717, 1.165) is 5.56 Å². The van der Waals surface area contributed by atoms with Crippen LogP contribution in [0.15, 0.2) is 36.7 Å². The summed E-state index contributed by atoms with van der Waals surface area (Å²) in [6.07, 6.45) is 4.03. The van der Waals surface area contributed by atoms with E-state index in [1.165, 1.54) is 7.11 Å². The lowest BCUT2D eigenvalue weighted by atomic mass is 10.0. The Labute approximate surface area is 180 Å². The largest absolute Gasteiger partial charge is 0.469 e. The van der Waals surface area contributed by atoms with Gasteiger partial charge in [-0.05, 0) is 6.42 Å². The van der Waals surface area contributed by atoms with E-state index in [4.69, 9.17) is 11.1 Å². The summed E-state index contributed by atoms with van der Waals surface area (Å²) in [4.78, 5) is 34.3. The van der Waals surface area contributed by atoms with Crippen LogP contribution in [0.4, 0.5) is 5.82 Å². The molecule has 0 spiro atoms. The molecule has 1 fully saturated rings. The Bertz CT molecular complexity index is 904. The number of nitrogens with one attached hydrogen (secondary N) is 2. The third kappa shape index (κ3) is 5.44. The third-order valence-corrected chi connectivity index (χ3v) is 4.94. The van der Waals surface area contributed by atoms with Crippen molar-refractivity contribution in [2.45, 2.75) is 18.9 Å². The number of rotatable bonds is 7. The number of likely N-dealkylation sites (N-methyl/N-ethyl adjacent to an activating group) is 1. The van der Waals surface area contributed by atoms with Crippen molar-refractivity contribution in [1.29, 1.82) is 5.41 Å². The van der Waals surface area contributed by atoms with Gasteiger partial charge in [-0.15, -0.1) is 12.4 Å². The number of carbonyl (C=O) groups excluding carboxylic acids is 2. The minimum absolute atomic E-state index is 0. The maximum Gasteiger partial charge on any atom is 0.306 e. The molecule has 0 bridgehead atoms. The molecule has 1 aliphatic heterocycles. The zero-order valence-corrected chi connectivity index (χ0v) is 17.6. The zero-order chi connectivity index (χ0) is 21.0. The fourth-order valence-electron chi connectivity index (χ4n) is 3.32. The molecule has 1 amide bonds. The van der Waals surface area contributed by atoms with Gasteiger partial charge < -0.3 is 20.7 Å². The quantitative estimate of drug-likeness (QED) is 0.341. The summed E-state index contributed by atoms with van der Waals surface area (Å²) < 4.78 is 4.65. The summed E-state index contributed by atoms with van der Waals surface area (Å²) in [6.45, 7) is 0.560. The van der Waals surface area contributed by atoms with Crippen LogP contribution in [0.1, 0.15) is 18.4 Å². The molecule has 2 heterocycles. The molecule has 10 heteroatoms. The number of nitrogen functional groups attached to an aromatic ring is 1. The molecule has 1 aromatic heterocycles. The van der Waals surface area contributed by atoms with Crippen LogP contribution in [0, 0.1) is 11.3 Å². The zero-order valence-electron chi connectivity index (χ0n) is 16.8. The Morgan fingerprint density at radius 3 is 2.57 bits per heavy atom. The Balaban J connectivity index is 0.00000320. The van der Waals surface area contributed by atoms with Crippen molar-refractivity contribution in [3.8, 4) is 11.3 Å². The molecular weight excluding hydrogens is 408 g/mol. The summed E-state index contributed by atoms with van der Waals surface area (Å²) in [5, 5.41) is 10.4. The van der Waals surface area contributed by atoms with E-state index in [1.54, 1.807) is 24.5 Å². The van der Waals surface area contributed by atoms with Gasteiger partial charge in [-0.2, -0.15) is 0 Å². The molecule has 0 unspecified atom stereocenters. The minimum atomic E-state index is -0.378. The molecule has 160 valence electrons. The molecule has 1 saturated heterocycles. The van der Waals surface area contributed by atoms with Gasteiger partial charge in [-0.3, -0.25) is 20.0 Å². The van der Waals surface area contributed by atoms with Gasteiger partial charge in [0.15, 0.2) is 0 Å². The molecule has 2 aromatic rings. The molecule has 0 radical (unpaired) electrons. The highest BCUT2D eigenvalue weighted by Gasteiger charge is 2.34. The predicted octanol–water partition coefficient (Wildman–Crippen LogP) is 1.35. The molecular formula is C20H25ClN6O3. The number of carbonyl (C=O) groups is 2. The van der Waals surface area contributed by atoms with E-state index < -0.39 is 0 Å². The second kappa shape index (κ2) is 10.0. The Morgan fingerprint density at radius 2 is 2.00 bits per heavy atom. The summed E-state index contributed by atoms with van der Waals surface area (Å²) >= 11 is 0. The summed E-state index contributed by atoms with van der Waals surface area (Å²) in [5.74, 6) is -0.152. The number of benzene rings is 1. The molecule has 3 rings (SSSR count). The normalized spacial score (nSPS) is 17.6. The van der Waals surface area contributed by atoms with Crippen LogP contribution < -0.4 is 16.0 Å². The first-order chi connectivity index (χ1) is 13.9. The van der Waals surface area contributed by atoms with Gasteiger partial charge >= 0.3 is 5.97 Å². The van der Waals surface area contributed by atoms with Crippen molar-refractivity contribution >= 4 is 35.9 Å². The Hall–Kier alpha value is -3.20. The number of hydrogen-bond acceptors (Lipinski definition) is 7. The van der Waals surface area contributed by atoms with E-state index in [0.29, 0.717) is 30.0 Å². The topological polar surface area (TPSA) is 134 Å². The van der Waals surface area contributed by atoms with Crippen molar-refractivity contribution in [3.63, 3.8) is 0 Å². The number of ether oxygens (including phenoxy) is 1. The van der Waals surface area contributed by atoms with Gasteiger partial charge in [0.05, 0.1) is 37.5 Å². The molecule has 4 N–H and O–H groups in total. The Kier molecular flexibility index (Phi) is 7.71. The van der Waals surface area contributed by atoms with Crippen LogP contribution in [0.25, 0.3) is 11.3 Å². The second-order valence-electron chi connectivity index (χ2n) is 7.05. The number of aromatic nitrogens is 2. The van der Waals surface area contributed by atoms with Gasteiger partial charge in [0.25, 0.3) is 0 Å². The number of nitrogens with zero attached hydrogens (tertiary/aromatic N) is 3. The van der Waals surface area contributed by atoms with Gasteiger partial charge in [0.1, 0.15) is 11.7 Å². The van der Waals surface area contributed by atoms with Crippen molar-refractivity contribution < 1.29 is 14.3 Å². The summed E-state index contributed by atoms with van der Waals surface area (Å²) in [7, 11) is 3.20. The van der Waals surface area contributed by atoms with Crippen LogP contribution in [-0.2, 0) is 14.3 Å². The summed E-state index contributed by atoms with van der Waals surface area (Å²) in [5.41, 5.74) is 7.72. The monoisotopic (exact) mass is 432 g/mol. The standard InChI is InChI=1S/C20H24N6O3.ClH/c1-26(11-15-7-14(20(28)25-15)8-18(27)29-2)17-10-23-16(9-24-17)12-3-5-13(6-4-12)19(21)22;/h3-6,9-10,14-15H,7-8,11H2,1-2H3,(H3,21,22)(H,25,28);1H/t14-,15-;/m0./s1. The molecule has 9 nitrogen and oxygen atoms in total. The van der Waals surface area contributed by atoms with Gasteiger partial charge in [-0.1, -0.05) is 24.3 Å². The van der Waals surface area contributed by atoms with E-state index in [-0.39, 0.29) is 48.5 Å². The van der Waals surface area contributed by atoms with Gasteiger partial charge in [-0.25, -0.2) is 4.98 Å².